The van der Waals surface area contributed by atoms with Gasteiger partial charge in [0.25, 0.3) is 0 Å². The summed E-state index contributed by atoms with van der Waals surface area (Å²) in [5.41, 5.74) is 2.10. The average Bonchev–Trinajstić information content (AvgIpc) is 2.48. The molecule has 0 aliphatic heterocycles. The van der Waals surface area contributed by atoms with E-state index in [1.54, 1.807) is 19.2 Å². The van der Waals surface area contributed by atoms with Crippen LogP contribution in [0.4, 0.5) is 0 Å². The van der Waals surface area contributed by atoms with E-state index < -0.39 is 6.10 Å². The Kier molecular flexibility index (Phi) is 4.74. The first-order valence-electron chi connectivity index (χ1n) is 7.02. The quantitative estimate of drug-likeness (QED) is 0.874. The van der Waals surface area contributed by atoms with E-state index in [1.165, 1.54) is 5.56 Å². The van der Waals surface area contributed by atoms with Crippen molar-refractivity contribution in [3.63, 3.8) is 0 Å². The number of aliphatic hydroxyl groups is 1. The van der Waals surface area contributed by atoms with Crippen molar-refractivity contribution in [2.75, 3.05) is 0 Å². The van der Waals surface area contributed by atoms with Gasteiger partial charge in [-0.25, -0.2) is 4.98 Å². The predicted octanol–water partition coefficient (Wildman–Crippen LogP) is 4.44. The number of pyridine rings is 1. The lowest BCUT2D eigenvalue weighted by atomic mass is 9.99. The van der Waals surface area contributed by atoms with Gasteiger partial charge >= 0.3 is 0 Å². The zero-order chi connectivity index (χ0) is 14.5. The summed E-state index contributed by atoms with van der Waals surface area (Å²) < 4.78 is 5.69. The third kappa shape index (κ3) is 3.58. The van der Waals surface area contributed by atoms with Crippen molar-refractivity contribution in [3.8, 4) is 11.6 Å². The van der Waals surface area contributed by atoms with E-state index in [0.717, 1.165) is 17.7 Å². The van der Waals surface area contributed by atoms with Crippen LogP contribution in [0.3, 0.4) is 0 Å². The number of ether oxygens (including phenoxy) is 1. The summed E-state index contributed by atoms with van der Waals surface area (Å²) in [5, 5.41) is 9.43. The second kappa shape index (κ2) is 6.53. The van der Waals surface area contributed by atoms with Crippen LogP contribution < -0.4 is 4.74 Å². The highest BCUT2D eigenvalue weighted by molar-refractivity contribution is 5.32. The number of rotatable bonds is 5. The van der Waals surface area contributed by atoms with E-state index in [0.29, 0.717) is 11.8 Å². The Bertz CT molecular complexity index is 532. The van der Waals surface area contributed by atoms with Crippen molar-refractivity contribution in [2.24, 2.45) is 0 Å². The second-order valence-electron chi connectivity index (χ2n) is 5.09. The number of aromatic nitrogens is 1. The summed E-state index contributed by atoms with van der Waals surface area (Å²) in [7, 11) is 0. The van der Waals surface area contributed by atoms with Crippen molar-refractivity contribution < 1.29 is 9.84 Å². The first-order valence-corrected chi connectivity index (χ1v) is 7.02. The third-order valence-corrected chi connectivity index (χ3v) is 3.53. The van der Waals surface area contributed by atoms with E-state index in [4.69, 9.17) is 4.74 Å². The van der Waals surface area contributed by atoms with Crippen molar-refractivity contribution >= 4 is 0 Å². The molecule has 1 aromatic carbocycles. The molecule has 2 rings (SSSR count). The number of hydrogen-bond acceptors (Lipinski definition) is 3. The fourth-order valence-corrected chi connectivity index (χ4v) is 1.92. The van der Waals surface area contributed by atoms with Crippen LogP contribution in [0.1, 0.15) is 50.3 Å². The van der Waals surface area contributed by atoms with Gasteiger partial charge in [-0.2, -0.15) is 0 Å². The Hall–Kier alpha value is -1.87. The number of benzene rings is 1. The Morgan fingerprint density at radius 2 is 1.70 bits per heavy atom. The Labute approximate surface area is 120 Å². The topological polar surface area (TPSA) is 42.4 Å². The maximum Gasteiger partial charge on any atom is 0.219 e. The van der Waals surface area contributed by atoms with E-state index >= 15 is 0 Å². The first kappa shape index (κ1) is 14.5. The normalized spacial score (nSPS) is 13.8. The van der Waals surface area contributed by atoms with Crippen LogP contribution in [0.2, 0.25) is 0 Å². The van der Waals surface area contributed by atoms with Gasteiger partial charge in [0.1, 0.15) is 5.75 Å². The van der Waals surface area contributed by atoms with Gasteiger partial charge in [-0.1, -0.05) is 26.0 Å². The minimum absolute atomic E-state index is 0.508. The van der Waals surface area contributed by atoms with Gasteiger partial charge in [-0.05, 0) is 48.6 Å². The minimum atomic E-state index is -0.508. The lowest BCUT2D eigenvalue weighted by Gasteiger charge is -2.10. The van der Waals surface area contributed by atoms with Gasteiger partial charge in [0.15, 0.2) is 0 Å². The highest BCUT2D eigenvalue weighted by Crippen LogP contribution is 2.24. The molecule has 1 aromatic heterocycles. The molecule has 0 saturated heterocycles. The molecule has 2 aromatic rings. The van der Waals surface area contributed by atoms with Gasteiger partial charge in [0.05, 0.1) is 6.10 Å². The molecule has 3 heteroatoms. The molecule has 1 N–H and O–H groups in total. The van der Waals surface area contributed by atoms with E-state index in [1.807, 2.05) is 18.2 Å². The molecule has 0 saturated carbocycles. The molecular weight excluding hydrogens is 250 g/mol. The standard InChI is InChI=1S/C17H21NO2/c1-4-12(2)14-5-8-16(9-6-14)20-17-10-7-15(11-18-17)13(3)19/h5-13,19H,4H2,1-3H3. The van der Waals surface area contributed by atoms with Crippen LogP contribution in [0.25, 0.3) is 0 Å². The first-order chi connectivity index (χ1) is 9.60. The number of hydrogen-bond donors (Lipinski definition) is 1. The summed E-state index contributed by atoms with van der Waals surface area (Å²) in [4.78, 5) is 4.19. The lowest BCUT2D eigenvalue weighted by Crippen LogP contribution is -1.94. The molecule has 2 atom stereocenters. The van der Waals surface area contributed by atoms with Gasteiger partial charge in [-0.15, -0.1) is 0 Å². The van der Waals surface area contributed by atoms with Crippen LogP contribution in [0.5, 0.6) is 11.6 Å². The zero-order valence-electron chi connectivity index (χ0n) is 12.2. The number of nitrogens with zero attached hydrogens (tertiary/aromatic N) is 1. The summed E-state index contributed by atoms with van der Waals surface area (Å²) in [6, 6.07) is 11.7. The molecular formula is C17H21NO2. The Balaban J connectivity index is 2.06. The molecule has 0 aliphatic rings. The van der Waals surface area contributed by atoms with Gasteiger partial charge in [0.2, 0.25) is 5.88 Å². The van der Waals surface area contributed by atoms with E-state index in [-0.39, 0.29) is 0 Å². The van der Waals surface area contributed by atoms with Crippen LogP contribution in [-0.2, 0) is 0 Å². The third-order valence-electron chi connectivity index (χ3n) is 3.53. The molecule has 0 spiro atoms. The molecule has 0 bridgehead atoms. The minimum Gasteiger partial charge on any atom is -0.439 e. The summed E-state index contributed by atoms with van der Waals surface area (Å²) in [5.74, 6) is 1.87. The largest absolute Gasteiger partial charge is 0.439 e. The SMILES string of the molecule is CCC(C)c1ccc(Oc2ccc(C(C)O)cn2)cc1. The predicted molar refractivity (Wildman–Crippen MR) is 80.1 cm³/mol. The molecule has 106 valence electrons. The highest BCUT2D eigenvalue weighted by Gasteiger charge is 2.05. The van der Waals surface area contributed by atoms with E-state index in [9.17, 15) is 5.11 Å². The van der Waals surface area contributed by atoms with Crippen molar-refractivity contribution in [1.82, 2.24) is 4.98 Å². The summed E-state index contributed by atoms with van der Waals surface area (Å²) in [6.45, 7) is 6.11. The summed E-state index contributed by atoms with van der Waals surface area (Å²) >= 11 is 0. The molecule has 1 heterocycles. The maximum atomic E-state index is 9.43. The van der Waals surface area contributed by atoms with Gasteiger partial charge < -0.3 is 9.84 Å². The maximum absolute atomic E-state index is 9.43. The smallest absolute Gasteiger partial charge is 0.219 e. The van der Waals surface area contributed by atoms with Crippen LogP contribution >= 0.6 is 0 Å². The lowest BCUT2D eigenvalue weighted by molar-refractivity contribution is 0.198. The monoisotopic (exact) mass is 271 g/mol. The second-order valence-corrected chi connectivity index (χ2v) is 5.09. The van der Waals surface area contributed by atoms with Crippen molar-refractivity contribution in [2.45, 2.75) is 39.2 Å². The fraction of sp³-hybridized carbons (Fsp3) is 0.353. The van der Waals surface area contributed by atoms with Crippen LogP contribution in [0, 0.1) is 0 Å². The summed E-state index contributed by atoms with van der Waals surface area (Å²) in [6.07, 6.45) is 2.25. The molecule has 0 aliphatic carbocycles. The van der Waals surface area contributed by atoms with Crippen molar-refractivity contribution in [3.05, 3.63) is 53.7 Å². The molecule has 0 radical (unpaired) electrons. The highest BCUT2D eigenvalue weighted by atomic mass is 16.5. The number of aliphatic hydroxyl groups excluding tert-OH is 1. The van der Waals surface area contributed by atoms with Crippen LogP contribution in [0.15, 0.2) is 42.6 Å². The van der Waals surface area contributed by atoms with Crippen LogP contribution in [-0.4, -0.2) is 10.1 Å². The van der Waals surface area contributed by atoms with Crippen molar-refractivity contribution in [1.29, 1.82) is 0 Å². The van der Waals surface area contributed by atoms with Gasteiger partial charge in [0, 0.05) is 12.3 Å². The Morgan fingerprint density at radius 1 is 1.05 bits per heavy atom. The molecule has 0 fully saturated rings. The van der Waals surface area contributed by atoms with Gasteiger partial charge in [-0.3, -0.25) is 0 Å². The Morgan fingerprint density at radius 3 is 2.20 bits per heavy atom. The fourth-order valence-electron chi connectivity index (χ4n) is 1.92. The molecule has 3 nitrogen and oxygen atoms in total. The zero-order valence-corrected chi connectivity index (χ0v) is 12.2. The molecule has 0 amide bonds. The molecule has 2 unspecified atom stereocenters. The molecule has 20 heavy (non-hydrogen) atoms. The van der Waals surface area contributed by atoms with E-state index in [2.05, 4.69) is 31.0 Å². The average molecular weight is 271 g/mol.